The Labute approximate surface area is 109 Å². The first-order valence-corrected chi connectivity index (χ1v) is 8.15. The minimum atomic E-state index is 0.242. The lowest BCUT2D eigenvalue weighted by Gasteiger charge is -2.45. The fourth-order valence-electron chi connectivity index (χ4n) is 3.18. The van der Waals surface area contributed by atoms with E-state index in [1.54, 1.807) is 0 Å². The Hall–Kier alpha value is 0.230. The number of rotatable bonds is 3. The van der Waals surface area contributed by atoms with E-state index in [2.05, 4.69) is 11.2 Å². The Kier molecular flexibility index (Phi) is 5.15. The zero-order chi connectivity index (χ0) is 12.1. The molecule has 0 bridgehead atoms. The summed E-state index contributed by atoms with van der Waals surface area (Å²) in [6.45, 7) is 5.02. The summed E-state index contributed by atoms with van der Waals surface area (Å²) in [5, 5.41) is 0.856. The molecule has 2 fully saturated rings. The lowest BCUT2D eigenvalue weighted by molar-refractivity contribution is -0.0228. The highest BCUT2D eigenvalue weighted by Gasteiger charge is 2.37. The summed E-state index contributed by atoms with van der Waals surface area (Å²) < 4.78 is 5.50. The van der Waals surface area contributed by atoms with Gasteiger partial charge in [0.2, 0.25) is 0 Å². The normalized spacial score (nSPS) is 31.1. The Morgan fingerprint density at radius 2 is 2.06 bits per heavy atom. The van der Waals surface area contributed by atoms with Crippen LogP contribution < -0.4 is 5.73 Å². The second-order valence-electron chi connectivity index (χ2n) is 5.32. The number of likely N-dealkylation sites (tertiary alicyclic amines) is 1. The first kappa shape index (κ1) is 13.7. The van der Waals surface area contributed by atoms with Crippen molar-refractivity contribution in [2.45, 2.75) is 42.9 Å². The molecule has 2 aliphatic rings. The maximum absolute atomic E-state index is 6.08. The van der Waals surface area contributed by atoms with Gasteiger partial charge >= 0.3 is 0 Å². The topological polar surface area (TPSA) is 38.5 Å². The Balaban J connectivity index is 1.98. The van der Waals surface area contributed by atoms with E-state index in [0.29, 0.717) is 0 Å². The van der Waals surface area contributed by atoms with Crippen LogP contribution in [-0.2, 0) is 4.74 Å². The highest BCUT2D eigenvalue weighted by atomic mass is 32.2. The molecule has 2 rings (SSSR count). The van der Waals surface area contributed by atoms with Crippen LogP contribution in [-0.4, -0.2) is 54.8 Å². The Bertz CT molecular complexity index is 231. The highest BCUT2D eigenvalue weighted by Crippen LogP contribution is 2.31. The SMILES string of the molecule is CSC1CCCN(C2(CN)CCOCC2)CC1. The molecule has 100 valence electrons. The summed E-state index contributed by atoms with van der Waals surface area (Å²) >= 11 is 2.03. The smallest absolute Gasteiger partial charge is 0.0484 e. The van der Waals surface area contributed by atoms with Crippen molar-refractivity contribution in [3.8, 4) is 0 Å². The molecule has 0 aliphatic carbocycles. The number of hydrogen-bond acceptors (Lipinski definition) is 4. The molecule has 0 saturated carbocycles. The molecule has 0 radical (unpaired) electrons. The van der Waals surface area contributed by atoms with Gasteiger partial charge in [-0.1, -0.05) is 0 Å². The van der Waals surface area contributed by atoms with Crippen molar-refractivity contribution in [2.24, 2.45) is 5.73 Å². The van der Waals surface area contributed by atoms with E-state index in [4.69, 9.17) is 10.5 Å². The average Bonchev–Trinajstić information content (AvgIpc) is 2.65. The van der Waals surface area contributed by atoms with E-state index in [-0.39, 0.29) is 5.54 Å². The molecule has 1 unspecified atom stereocenters. The van der Waals surface area contributed by atoms with E-state index >= 15 is 0 Å². The predicted molar refractivity (Wildman–Crippen MR) is 74.6 cm³/mol. The van der Waals surface area contributed by atoms with Gasteiger partial charge in [0.25, 0.3) is 0 Å². The van der Waals surface area contributed by atoms with Crippen LogP contribution in [0, 0.1) is 0 Å². The third-order valence-electron chi connectivity index (χ3n) is 4.48. The first-order chi connectivity index (χ1) is 8.30. The quantitative estimate of drug-likeness (QED) is 0.836. The maximum atomic E-state index is 6.08. The Morgan fingerprint density at radius 3 is 2.71 bits per heavy atom. The van der Waals surface area contributed by atoms with Gasteiger partial charge in [-0.3, -0.25) is 4.90 Å². The summed E-state index contributed by atoms with van der Waals surface area (Å²) in [5.74, 6) is 0. The molecule has 2 heterocycles. The van der Waals surface area contributed by atoms with Crippen LogP contribution in [0.3, 0.4) is 0 Å². The van der Waals surface area contributed by atoms with Crippen molar-refractivity contribution in [1.82, 2.24) is 4.90 Å². The van der Waals surface area contributed by atoms with Gasteiger partial charge in [-0.15, -0.1) is 0 Å². The van der Waals surface area contributed by atoms with Crippen LogP contribution >= 0.6 is 11.8 Å². The fraction of sp³-hybridized carbons (Fsp3) is 1.00. The molecule has 0 spiro atoms. The van der Waals surface area contributed by atoms with Gasteiger partial charge in [-0.25, -0.2) is 0 Å². The molecule has 0 aromatic rings. The van der Waals surface area contributed by atoms with Crippen LogP contribution in [0.4, 0.5) is 0 Å². The maximum Gasteiger partial charge on any atom is 0.0484 e. The van der Waals surface area contributed by atoms with Gasteiger partial charge in [0.1, 0.15) is 0 Å². The predicted octanol–water partition coefficient (Wildman–Crippen LogP) is 1.71. The molecular formula is C13H26N2OS. The molecule has 2 N–H and O–H groups in total. The standard InChI is InChI=1S/C13H26N2OS/c1-17-12-3-2-7-15(8-4-12)13(11-14)5-9-16-10-6-13/h12H,2-11,14H2,1H3. The molecule has 2 saturated heterocycles. The number of nitrogens with two attached hydrogens (primary N) is 1. The van der Waals surface area contributed by atoms with E-state index in [9.17, 15) is 0 Å². The van der Waals surface area contributed by atoms with Gasteiger partial charge in [0, 0.05) is 30.5 Å². The molecule has 0 amide bonds. The van der Waals surface area contributed by atoms with Crippen molar-refractivity contribution >= 4 is 11.8 Å². The molecule has 1 atom stereocenters. The molecule has 0 aromatic carbocycles. The van der Waals surface area contributed by atoms with Crippen LogP contribution in [0.15, 0.2) is 0 Å². The van der Waals surface area contributed by atoms with E-state index in [0.717, 1.165) is 37.9 Å². The second kappa shape index (κ2) is 6.41. The van der Waals surface area contributed by atoms with Crippen molar-refractivity contribution in [1.29, 1.82) is 0 Å². The van der Waals surface area contributed by atoms with Gasteiger partial charge in [0.15, 0.2) is 0 Å². The summed E-state index contributed by atoms with van der Waals surface area (Å²) in [6, 6.07) is 0. The Morgan fingerprint density at radius 1 is 1.29 bits per heavy atom. The number of ether oxygens (including phenoxy) is 1. The summed E-state index contributed by atoms with van der Waals surface area (Å²) in [5.41, 5.74) is 6.33. The zero-order valence-electron chi connectivity index (χ0n) is 11.0. The van der Waals surface area contributed by atoms with Gasteiger partial charge in [-0.05, 0) is 51.4 Å². The number of hydrogen-bond donors (Lipinski definition) is 1. The molecule has 4 heteroatoms. The van der Waals surface area contributed by atoms with Crippen molar-refractivity contribution in [3.05, 3.63) is 0 Å². The van der Waals surface area contributed by atoms with Crippen molar-refractivity contribution < 1.29 is 4.74 Å². The van der Waals surface area contributed by atoms with Crippen LogP contribution in [0.5, 0.6) is 0 Å². The first-order valence-electron chi connectivity index (χ1n) is 6.86. The molecular weight excluding hydrogens is 232 g/mol. The second-order valence-corrected chi connectivity index (χ2v) is 6.45. The lowest BCUT2D eigenvalue weighted by Crippen LogP contribution is -2.57. The summed E-state index contributed by atoms with van der Waals surface area (Å²) in [4.78, 5) is 2.67. The minimum Gasteiger partial charge on any atom is -0.381 e. The largest absolute Gasteiger partial charge is 0.381 e. The monoisotopic (exact) mass is 258 g/mol. The van der Waals surface area contributed by atoms with E-state index < -0.39 is 0 Å². The average molecular weight is 258 g/mol. The highest BCUT2D eigenvalue weighted by molar-refractivity contribution is 7.99. The minimum absolute atomic E-state index is 0.242. The number of thioether (sulfide) groups is 1. The third kappa shape index (κ3) is 3.16. The fourth-order valence-corrected chi connectivity index (χ4v) is 3.92. The van der Waals surface area contributed by atoms with Gasteiger partial charge < -0.3 is 10.5 Å². The van der Waals surface area contributed by atoms with E-state index in [1.807, 2.05) is 11.8 Å². The van der Waals surface area contributed by atoms with Crippen molar-refractivity contribution in [3.63, 3.8) is 0 Å². The van der Waals surface area contributed by atoms with E-state index in [1.165, 1.54) is 32.4 Å². The lowest BCUT2D eigenvalue weighted by atomic mass is 9.87. The van der Waals surface area contributed by atoms with Crippen LogP contribution in [0.2, 0.25) is 0 Å². The molecule has 17 heavy (non-hydrogen) atoms. The molecule has 0 aromatic heterocycles. The van der Waals surface area contributed by atoms with Crippen molar-refractivity contribution in [2.75, 3.05) is 39.1 Å². The van der Waals surface area contributed by atoms with Gasteiger partial charge in [-0.2, -0.15) is 11.8 Å². The zero-order valence-corrected chi connectivity index (χ0v) is 11.8. The third-order valence-corrected chi connectivity index (χ3v) is 5.62. The molecule has 2 aliphatic heterocycles. The van der Waals surface area contributed by atoms with Gasteiger partial charge in [0.05, 0.1) is 0 Å². The number of nitrogens with zero attached hydrogens (tertiary/aromatic N) is 1. The molecule has 3 nitrogen and oxygen atoms in total. The van der Waals surface area contributed by atoms with Crippen LogP contribution in [0.25, 0.3) is 0 Å². The van der Waals surface area contributed by atoms with Crippen LogP contribution in [0.1, 0.15) is 32.1 Å². The summed E-state index contributed by atoms with van der Waals surface area (Å²) in [7, 11) is 0. The summed E-state index contributed by atoms with van der Waals surface area (Å²) in [6.07, 6.45) is 8.50.